The zero-order chi connectivity index (χ0) is 15.6. The first-order valence-corrected chi connectivity index (χ1v) is 7.96. The van der Waals surface area contributed by atoms with Crippen LogP contribution in [0.15, 0.2) is 23.8 Å². The van der Waals surface area contributed by atoms with Crippen LogP contribution in [-0.4, -0.2) is 30.2 Å². The second-order valence-electron chi connectivity index (χ2n) is 5.44. The van der Waals surface area contributed by atoms with Gasteiger partial charge in [0.25, 0.3) is 0 Å². The van der Waals surface area contributed by atoms with Crippen molar-refractivity contribution in [2.45, 2.75) is 44.9 Å². The third-order valence-corrected chi connectivity index (χ3v) is 5.00. The van der Waals surface area contributed by atoms with Crippen molar-refractivity contribution in [3.63, 3.8) is 0 Å². The molecule has 2 atom stereocenters. The summed E-state index contributed by atoms with van der Waals surface area (Å²) in [6.45, 7) is 4.75. The van der Waals surface area contributed by atoms with Gasteiger partial charge in [0, 0.05) is 34.5 Å². The highest BCUT2D eigenvalue weighted by Gasteiger charge is 2.37. The van der Waals surface area contributed by atoms with E-state index in [4.69, 9.17) is 5.73 Å². The average Bonchev–Trinajstić information content (AvgIpc) is 2.84. The van der Waals surface area contributed by atoms with Gasteiger partial charge in [-0.1, -0.05) is 13.0 Å². The topological polar surface area (TPSA) is 29.3 Å². The minimum Gasteiger partial charge on any atom is -0.326 e. The number of hydrogen-bond donors (Lipinski definition) is 1. The van der Waals surface area contributed by atoms with E-state index in [1.165, 1.54) is 11.0 Å². The second kappa shape index (κ2) is 6.50. The molecule has 2 unspecified atom stereocenters. The Labute approximate surface area is 127 Å². The van der Waals surface area contributed by atoms with E-state index in [0.717, 1.165) is 11.3 Å². The zero-order valence-corrected chi connectivity index (χ0v) is 13.1. The molecule has 2 heterocycles. The molecule has 21 heavy (non-hydrogen) atoms. The van der Waals surface area contributed by atoms with Crippen molar-refractivity contribution in [2.24, 2.45) is 5.73 Å². The molecule has 118 valence electrons. The van der Waals surface area contributed by atoms with Crippen LogP contribution in [0, 0.1) is 6.92 Å². The fourth-order valence-electron chi connectivity index (χ4n) is 2.69. The van der Waals surface area contributed by atoms with Crippen molar-refractivity contribution in [1.82, 2.24) is 4.90 Å². The molecule has 1 aliphatic rings. The minimum atomic E-state index is -4.20. The lowest BCUT2D eigenvalue weighted by molar-refractivity contribution is -0.0965. The van der Waals surface area contributed by atoms with Crippen LogP contribution in [0.25, 0.3) is 0 Å². The predicted molar refractivity (Wildman–Crippen MR) is 80.4 cm³/mol. The van der Waals surface area contributed by atoms with E-state index in [0.29, 0.717) is 13.1 Å². The van der Waals surface area contributed by atoms with E-state index in [1.54, 1.807) is 11.3 Å². The van der Waals surface area contributed by atoms with Gasteiger partial charge in [0.2, 0.25) is 0 Å². The van der Waals surface area contributed by atoms with Gasteiger partial charge < -0.3 is 5.73 Å². The predicted octanol–water partition coefficient (Wildman–Crippen LogP) is 4.03. The third-order valence-electron chi connectivity index (χ3n) is 3.93. The average molecular weight is 318 g/mol. The van der Waals surface area contributed by atoms with Crippen molar-refractivity contribution >= 4 is 11.3 Å². The van der Waals surface area contributed by atoms with E-state index in [1.807, 2.05) is 26.0 Å². The van der Waals surface area contributed by atoms with Crippen LogP contribution in [0.5, 0.6) is 0 Å². The van der Waals surface area contributed by atoms with Crippen LogP contribution in [-0.2, 0) is 0 Å². The maximum Gasteiger partial charge on any atom is 0.412 e. The molecule has 1 aromatic rings. The van der Waals surface area contributed by atoms with Gasteiger partial charge in [-0.2, -0.15) is 13.2 Å². The third kappa shape index (κ3) is 3.87. The first kappa shape index (κ1) is 16.5. The van der Waals surface area contributed by atoms with Crippen molar-refractivity contribution in [2.75, 3.05) is 13.1 Å². The molecule has 1 aromatic heterocycles. The fraction of sp³-hybridized carbons (Fsp3) is 0.600. The molecular weight excluding hydrogens is 297 g/mol. The number of rotatable bonds is 4. The molecule has 0 saturated heterocycles. The maximum atomic E-state index is 12.7. The number of halogens is 3. The zero-order valence-electron chi connectivity index (χ0n) is 12.3. The number of hydrogen-bond acceptors (Lipinski definition) is 3. The van der Waals surface area contributed by atoms with Crippen LogP contribution in [0.2, 0.25) is 0 Å². The Hall–Kier alpha value is -0.850. The van der Waals surface area contributed by atoms with Gasteiger partial charge in [0.1, 0.15) is 0 Å². The first-order chi connectivity index (χ1) is 9.82. The van der Waals surface area contributed by atoms with E-state index in [2.05, 4.69) is 4.90 Å². The molecule has 0 aliphatic carbocycles. The highest BCUT2D eigenvalue weighted by Crippen LogP contribution is 2.35. The molecule has 0 spiro atoms. The molecule has 0 saturated carbocycles. The molecule has 2 N–H and O–H groups in total. The summed E-state index contributed by atoms with van der Waals surface area (Å²) in [5.74, 6) is 0. The smallest absolute Gasteiger partial charge is 0.326 e. The monoisotopic (exact) mass is 318 g/mol. The lowest BCUT2D eigenvalue weighted by Crippen LogP contribution is -2.43. The molecule has 0 bridgehead atoms. The number of alkyl halides is 3. The highest BCUT2D eigenvalue weighted by atomic mass is 32.1. The quantitative estimate of drug-likeness (QED) is 0.849. The Bertz CT molecular complexity index is 507. The highest BCUT2D eigenvalue weighted by molar-refractivity contribution is 7.12. The molecule has 1 aliphatic heterocycles. The Balaban J connectivity index is 2.19. The van der Waals surface area contributed by atoms with Gasteiger partial charge in [-0.25, -0.2) is 0 Å². The Morgan fingerprint density at radius 1 is 1.38 bits per heavy atom. The van der Waals surface area contributed by atoms with Crippen LogP contribution in [0.1, 0.15) is 35.6 Å². The molecule has 0 aromatic carbocycles. The van der Waals surface area contributed by atoms with Crippen molar-refractivity contribution < 1.29 is 13.2 Å². The number of thiophene rings is 1. The maximum absolute atomic E-state index is 12.7. The van der Waals surface area contributed by atoms with Gasteiger partial charge in [-0.15, -0.1) is 11.3 Å². The summed E-state index contributed by atoms with van der Waals surface area (Å²) in [6, 6.07) is 4.02. The van der Waals surface area contributed by atoms with Gasteiger partial charge in [-0.05, 0) is 31.9 Å². The van der Waals surface area contributed by atoms with Crippen LogP contribution in [0.4, 0.5) is 13.2 Å². The summed E-state index contributed by atoms with van der Waals surface area (Å²) in [4.78, 5) is 4.40. The Morgan fingerprint density at radius 3 is 2.52 bits per heavy atom. The van der Waals surface area contributed by atoms with Crippen LogP contribution in [0.3, 0.4) is 0 Å². The van der Waals surface area contributed by atoms with Crippen LogP contribution >= 0.6 is 11.3 Å². The summed E-state index contributed by atoms with van der Waals surface area (Å²) >= 11 is 1.67. The summed E-state index contributed by atoms with van der Waals surface area (Å²) < 4.78 is 38.1. The van der Waals surface area contributed by atoms with Gasteiger partial charge in [0.05, 0.1) is 6.04 Å². The molecule has 6 heteroatoms. The second-order valence-corrected chi connectivity index (χ2v) is 6.76. The largest absolute Gasteiger partial charge is 0.412 e. The van der Waals surface area contributed by atoms with E-state index in [9.17, 15) is 13.2 Å². The summed E-state index contributed by atoms with van der Waals surface area (Å²) in [5.41, 5.74) is 5.82. The molecule has 0 fully saturated rings. The summed E-state index contributed by atoms with van der Waals surface area (Å²) in [5, 5.41) is 0. The number of nitrogens with zero attached hydrogens (tertiary/aromatic N) is 1. The number of nitrogens with two attached hydrogens (primary N) is 1. The van der Waals surface area contributed by atoms with Gasteiger partial charge in [0.15, 0.2) is 0 Å². The van der Waals surface area contributed by atoms with E-state index >= 15 is 0 Å². The summed E-state index contributed by atoms with van der Waals surface area (Å²) in [7, 11) is 0. The first-order valence-electron chi connectivity index (χ1n) is 7.15. The summed E-state index contributed by atoms with van der Waals surface area (Å²) in [6.07, 6.45) is -2.05. The lowest BCUT2D eigenvalue weighted by atomic mass is 9.99. The molecule has 0 amide bonds. The number of aryl methyl sites for hydroxylation is 1. The van der Waals surface area contributed by atoms with Crippen molar-refractivity contribution in [1.29, 1.82) is 0 Å². The van der Waals surface area contributed by atoms with E-state index < -0.39 is 11.7 Å². The normalized spacial score (nSPS) is 20.2. The standard InChI is InChI=1S/C15H21F3N2S/c1-3-12(19)14(13-5-4-10(2)21-13)20-8-6-11(7-9-20)15(16,17)18/h4-6,12,14H,3,7-9,19H2,1-2H3. The minimum absolute atomic E-state index is 0.000247. The molecule has 2 nitrogen and oxygen atoms in total. The lowest BCUT2D eigenvalue weighted by Gasteiger charge is -2.36. The molecular formula is C15H21F3N2S. The van der Waals surface area contributed by atoms with Gasteiger partial charge >= 0.3 is 6.18 Å². The van der Waals surface area contributed by atoms with Crippen molar-refractivity contribution in [3.05, 3.63) is 33.5 Å². The van der Waals surface area contributed by atoms with Gasteiger partial charge in [-0.3, -0.25) is 4.90 Å². The Morgan fingerprint density at radius 2 is 2.10 bits per heavy atom. The molecule has 0 radical (unpaired) electrons. The molecule has 2 rings (SSSR count). The van der Waals surface area contributed by atoms with Crippen LogP contribution < -0.4 is 5.73 Å². The SMILES string of the molecule is CCC(N)C(c1ccc(C)s1)N1CC=C(C(F)(F)F)CC1. The van der Waals surface area contributed by atoms with Crippen molar-refractivity contribution in [3.8, 4) is 0 Å². The Kier molecular flexibility index (Phi) is 5.11. The van der Waals surface area contributed by atoms with E-state index in [-0.39, 0.29) is 18.5 Å². The fourth-order valence-corrected chi connectivity index (χ4v) is 3.78.